The van der Waals surface area contributed by atoms with Gasteiger partial charge in [-0.25, -0.2) is 0 Å². The van der Waals surface area contributed by atoms with Crippen LogP contribution in [0.4, 0.5) is 0 Å². The highest BCUT2D eigenvalue weighted by Gasteiger charge is 2.21. The van der Waals surface area contributed by atoms with Gasteiger partial charge in [-0.15, -0.1) is 0 Å². The Morgan fingerprint density at radius 2 is 1.16 bits per heavy atom. The first kappa shape index (κ1) is 13.9. The zero-order chi connectivity index (χ0) is 14.1. The highest BCUT2D eigenvalue weighted by Crippen LogP contribution is 2.24. The predicted octanol–water partition coefficient (Wildman–Crippen LogP) is 2.76. The molecule has 19 heavy (non-hydrogen) atoms. The van der Waals surface area contributed by atoms with E-state index in [9.17, 15) is 8.42 Å². The summed E-state index contributed by atoms with van der Waals surface area (Å²) in [5.74, 6) is 7.41. The van der Waals surface area contributed by atoms with E-state index in [-0.39, 0.29) is 0 Å². The van der Waals surface area contributed by atoms with Gasteiger partial charge < -0.3 is 0 Å². The molecule has 0 heterocycles. The van der Waals surface area contributed by atoms with Gasteiger partial charge in [0.2, 0.25) is 0 Å². The van der Waals surface area contributed by atoms with E-state index in [1.807, 2.05) is 25.1 Å². The lowest BCUT2D eigenvalue weighted by atomic mass is 10.2. The van der Waals surface area contributed by atoms with Crippen LogP contribution in [0, 0.1) is 6.92 Å². The van der Waals surface area contributed by atoms with Crippen molar-refractivity contribution in [2.45, 2.75) is 16.7 Å². The second-order valence-corrected chi connectivity index (χ2v) is 11.0. The molecule has 2 unspecified atom stereocenters. The molecule has 0 amide bonds. The molecule has 100 valence electrons. The minimum atomic E-state index is -2.99. The minimum absolute atomic E-state index is 0.468. The Kier molecular flexibility index (Phi) is 3.56. The van der Waals surface area contributed by atoms with Crippen molar-refractivity contribution in [3.05, 3.63) is 60.2 Å². The van der Waals surface area contributed by atoms with Crippen LogP contribution >= 0.6 is 0 Å². The van der Waals surface area contributed by atoms with Gasteiger partial charge >= 0.3 is 0 Å². The second kappa shape index (κ2) is 4.87. The molecule has 0 aliphatic heterocycles. The first-order chi connectivity index (χ1) is 8.85. The zero-order valence-corrected chi connectivity index (χ0v) is 12.4. The van der Waals surface area contributed by atoms with Crippen LogP contribution < -0.4 is 0 Å². The van der Waals surface area contributed by atoms with Crippen molar-refractivity contribution in [1.82, 2.24) is 0 Å². The maximum Gasteiger partial charge on any atom is 0.0702 e. The Morgan fingerprint density at radius 1 is 0.737 bits per heavy atom. The van der Waals surface area contributed by atoms with Crippen LogP contribution in [0.1, 0.15) is 5.56 Å². The fourth-order valence-corrected chi connectivity index (χ4v) is 5.96. The van der Waals surface area contributed by atoms with Gasteiger partial charge in [0.25, 0.3) is 0 Å². The maximum atomic E-state index is 12.9. The molecule has 0 spiro atoms. The molecular formula is C15H16O2S2. The molecular weight excluding hydrogens is 276 g/mol. The molecule has 0 saturated heterocycles. The Balaban J connectivity index is 2.60. The van der Waals surface area contributed by atoms with Gasteiger partial charge in [-0.2, -0.15) is 0 Å². The molecule has 4 heteroatoms. The Morgan fingerprint density at radius 3 is 1.63 bits per heavy atom. The first-order valence-electron chi connectivity index (χ1n) is 5.72. The van der Waals surface area contributed by atoms with Crippen LogP contribution in [0.2, 0.25) is 0 Å². The van der Waals surface area contributed by atoms with E-state index < -0.39 is 17.1 Å². The third-order valence-corrected chi connectivity index (χ3v) is 9.53. The molecule has 0 aromatic heterocycles. The first-order valence-corrected chi connectivity index (χ1v) is 9.69. The molecule has 0 bridgehead atoms. The summed E-state index contributed by atoms with van der Waals surface area (Å²) in [6.45, 7) is 1.94. The van der Waals surface area contributed by atoms with E-state index in [0.717, 1.165) is 5.56 Å². The minimum Gasteiger partial charge on any atom is -0.250 e. The summed E-state index contributed by atoms with van der Waals surface area (Å²) in [5, 5.41) is 0. The van der Waals surface area contributed by atoms with Crippen molar-refractivity contribution in [3.8, 4) is 0 Å². The van der Waals surface area contributed by atoms with Crippen LogP contribution in [0.25, 0.3) is 0 Å². The van der Waals surface area contributed by atoms with Gasteiger partial charge in [0.1, 0.15) is 0 Å². The fraction of sp³-hybridized carbons (Fsp3) is 0.0667. The van der Waals surface area contributed by atoms with E-state index >= 15 is 0 Å². The molecule has 0 radical (unpaired) electrons. The van der Waals surface area contributed by atoms with E-state index in [0.29, 0.717) is 9.79 Å². The van der Waals surface area contributed by atoms with Crippen LogP contribution in [0.3, 0.4) is 0 Å². The second-order valence-electron chi connectivity index (χ2n) is 4.36. The van der Waals surface area contributed by atoms with E-state index in [1.54, 1.807) is 36.4 Å². The van der Waals surface area contributed by atoms with Crippen molar-refractivity contribution >= 4 is 28.8 Å². The van der Waals surface area contributed by atoms with Gasteiger partial charge in [-0.3, -0.25) is 8.42 Å². The van der Waals surface area contributed by atoms with Crippen molar-refractivity contribution < 1.29 is 8.42 Å². The number of benzene rings is 2. The third kappa shape index (κ3) is 2.46. The molecule has 2 aromatic carbocycles. The molecule has 2 aromatic rings. The maximum absolute atomic E-state index is 12.9. The summed E-state index contributed by atoms with van der Waals surface area (Å²) in [5.41, 5.74) is 1.05. The summed E-state index contributed by atoms with van der Waals surface area (Å²) in [4.78, 5) is 0.942. The Hall–Kier alpha value is -1.52. The molecule has 0 fully saturated rings. The predicted molar refractivity (Wildman–Crippen MR) is 84.7 cm³/mol. The van der Waals surface area contributed by atoms with Gasteiger partial charge in [-0.05, 0) is 42.9 Å². The third-order valence-electron chi connectivity index (χ3n) is 2.92. The summed E-state index contributed by atoms with van der Waals surface area (Å²) < 4.78 is 25.7. The Labute approximate surface area is 114 Å². The molecule has 0 aliphatic rings. The lowest BCUT2D eigenvalue weighted by Gasteiger charge is -2.15. The van der Waals surface area contributed by atoms with Gasteiger partial charge in [-0.1, -0.05) is 35.9 Å². The van der Waals surface area contributed by atoms with Crippen molar-refractivity contribution in [2.75, 3.05) is 0 Å². The number of aryl methyl sites for hydroxylation is 1. The van der Waals surface area contributed by atoms with Crippen LogP contribution in [0.5, 0.6) is 0 Å². The number of hydrogen-bond acceptors (Lipinski definition) is 2. The SMILES string of the molecule is C=S(=O)(c1ccccc1)S(=C)(=O)c1ccc(C)cc1. The van der Waals surface area contributed by atoms with E-state index in [4.69, 9.17) is 0 Å². The fourth-order valence-electron chi connectivity index (χ4n) is 1.68. The molecule has 0 N–H and O–H groups in total. The normalized spacial score (nSPS) is 17.3. The molecule has 2 rings (SSSR count). The summed E-state index contributed by atoms with van der Waals surface area (Å²) in [6, 6.07) is 15.8. The average Bonchev–Trinajstić information content (AvgIpc) is 2.40. The quantitative estimate of drug-likeness (QED) is 0.644. The average molecular weight is 292 g/mol. The topological polar surface area (TPSA) is 34.1 Å². The zero-order valence-electron chi connectivity index (χ0n) is 10.7. The summed E-state index contributed by atoms with van der Waals surface area (Å²) >= 11 is 0. The highest BCUT2D eigenvalue weighted by atomic mass is 33.2. The lowest BCUT2D eigenvalue weighted by molar-refractivity contribution is 0.674. The standard InChI is InChI=1S/C15H16O2S2/c1-13-9-11-15(12-10-13)19(3,17)18(2,16)14-7-5-4-6-8-14/h4-12H,2-3H2,1H3. The molecule has 2 nitrogen and oxygen atoms in total. The van der Waals surface area contributed by atoms with E-state index in [1.165, 1.54) is 0 Å². The van der Waals surface area contributed by atoms with Crippen molar-refractivity contribution in [3.63, 3.8) is 0 Å². The summed E-state index contributed by atoms with van der Waals surface area (Å²) in [7, 11) is -5.98. The van der Waals surface area contributed by atoms with Crippen LogP contribution in [-0.2, 0) is 17.1 Å². The summed E-state index contributed by atoms with van der Waals surface area (Å²) in [6.07, 6.45) is 0. The number of rotatable bonds is 3. The number of hydrogen-bond donors (Lipinski definition) is 0. The van der Waals surface area contributed by atoms with Gasteiger partial charge in [0.15, 0.2) is 0 Å². The Bertz CT molecular complexity index is 770. The molecule has 0 saturated carbocycles. The molecule has 2 atom stereocenters. The van der Waals surface area contributed by atoms with Crippen LogP contribution in [-0.4, -0.2) is 20.2 Å². The molecule has 0 aliphatic carbocycles. The van der Waals surface area contributed by atoms with Crippen molar-refractivity contribution in [2.24, 2.45) is 0 Å². The smallest absolute Gasteiger partial charge is 0.0702 e. The lowest BCUT2D eigenvalue weighted by Crippen LogP contribution is -2.15. The monoisotopic (exact) mass is 292 g/mol. The highest BCUT2D eigenvalue weighted by molar-refractivity contribution is 8.74. The van der Waals surface area contributed by atoms with Crippen LogP contribution in [0.15, 0.2) is 64.4 Å². The van der Waals surface area contributed by atoms with E-state index in [2.05, 4.69) is 11.7 Å². The largest absolute Gasteiger partial charge is 0.250 e. The van der Waals surface area contributed by atoms with Gasteiger partial charge in [0, 0.05) is 9.79 Å². The van der Waals surface area contributed by atoms with Crippen molar-refractivity contribution in [1.29, 1.82) is 0 Å². The van der Waals surface area contributed by atoms with Gasteiger partial charge in [0.05, 0.1) is 17.1 Å².